The molecule has 18 nitrogen and oxygen atoms in total. The summed E-state index contributed by atoms with van der Waals surface area (Å²) in [4.78, 5) is 45.5. The molecule has 0 bridgehead atoms. The molecular weight excluding hydrogens is 845 g/mol. The fourth-order valence-corrected chi connectivity index (χ4v) is 5.89. The number of H-pyrrole nitrogens is 1. The van der Waals surface area contributed by atoms with Gasteiger partial charge < -0.3 is 57.8 Å². The number of aliphatic hydroxyl groups is 1. The van der Waals surface area contributed by atoms with Crippen molar-refractivity contribution in [3.05, 3.63) is 129 Å². The Bertz CT molecular complexity index is 2150. The number of carbonyl (C=O) groups is 1. The monoisotopic (exact) mass is 906 g/mol. The van der Waals surface area contributed by atoms with Gasteiger partial charge in [-0.25, -0.2) is 14.6 Å². The van der Waals surface area contributed by atoms with Crippen LogP contribution in [-0.4, -0.2) is 161 Å². The van der Waals surface area contributed by atoms with E-state index in [9.17, 15) is 14.4 Å². The van der Waals surface area contributed by atoms with Crippen LogP contribution in [0.3, 0.4) is 0 Å². The summed E-state index contributed by atoms with van der Waals surface area (Å²) in [6, 6.07) is 26.0. The van der Waals surface area contributed by atoms with Gasteiger partial charge in [0.15, 0.2) is 5.65 Å². The number of carboxylic acid groups (broad SMARTS) is 1. The van der Waals surface area contributed by atoms with Crippen LogP contribution in [0.4, 0.5) is 0 Å². The summed E-state index contributed by atoms with van der Waals surface area (Å²) in [6.45, 7) is 9.30. The number of hydrogen-bond donors (Lipinski definition) is 3. The molecule has 2 aromatic heterocycles. The average molecular weight is 907 g/mol. The molecule has 5 rings (SSSR count). The zero-order chi connectivity index (χ0) is 46.2. The largest absolute Gasteiger partial charge is 0.478 e. The first kappa shape index (κ1) is 52.2. The van der Waals surface area contributed by atoms with Gasteiger partial charge >= 0.3 is 11.7 Å². The number of aliphatic hydroxyl groups excluding tert-OH is 1. The van der Waals surface area contributed by atoms with Crippen molar-refractivity contribution >= 4 is 23.2 Å². The number of methoxy groups -OCH3 is 1. The number of nitrogens with zero attached hydrogens (tertiary/aromatic N) is 3. The summed E-state index contributed by atoms with van der Waals surface area (Å²) in [6.07, 6.45) is 2.55. The van der Waals surface area contributed by atoms with E-state index >= 15 is 0 Å². The Hall–Kier alpha value is -5.38. The highest BCUT2D eigenvalue weighted by Gasteiger charge is 2.19. The first-order valence-corrected chi connectivity index (χ1v) is 21.5. The molecule has 0 aliphatic heterocycles. The lowest BCUT2D eigenvalue weighted by Gasteiger charge is -2.11. The second-order valence-electron chi connectivity index (χ2n) is 13.9. The second-order valence-corrected chi connectivity index (χ2v) is 13.9. The Kier molecular flexibility index (Phi) is 26.0. The summed E-state index contributed by atoms with van der Waals surface area (Å²) < 4.78 is 50.2. The molecule has 0 atom stereocenters. The molecule has 0 fully saturated rings. The molecule has 65 heavy (non-hydrogen) atoms. The molecule has 0 radical (unpaired) electrons. The van der Waals surface area contributed by atoms with E-state index in [1.165, 1.54) is 15.2 Å². The van der Waals surface area contributed by atoms with Crippen molar-refractivity contribution in [3.63, 3.8) is 0 Å². The summed E-state index contributed by atoms with van der Waals surface area (Å²) in [5, 5.41) is 17.4. The number of nitrogens with one attached hydrogen (secondary N) is 1. The average Bonchev–Trinajstić information content (AvgIpc) is 3.78. The maximum Gasteiger partial charge on any atom is 0.333 e. The topological polar surface area (TPSA) is 213 Å². The highest BCUT2D eigenvalue weighted by Crippen LogP contribution is 2.20. The van der Waals surface area contributed by atoms with Crippen LogP contribution in [0.2, 0.25) is 0 Å². The number of ether oxygens (including phenoxy) is 9. The Labute approximate surface area is 378 Å². The molecule has 0 spiro atoms. The molecule has 0 aliphatic carbocycles. The summed E-state index contributed by atoms with van der Waals surface area (Å²) >= 11 is 0. The minimum absolute atomic E-state index is 0.0322. The number of rotatable bonds is 33. The molecule has 0 saturated heterocycles. The maximum atomic E-state index is 13.5. The Morgan fingerprint density at radius 1 is 0.585 bits per heavy atom. The van der Waals surface area contributed by atoms with E-state index in [1.54, 1.807) is 31.4 Å². The molecule has 0 amide bonds. The number of benzene rings is 3. The van der Waals surface area contributed by atoms with E-state index in [4.69, 9.17) is 52.8 Å². The van der Waals surface area contributed by atoms with Gasteiger partial charge in [0.1, 0.15) is 11.3 Å². The lowest BCUT2D eigenvalue weighted by Crippen LogP contribution is -2.40. The lowest BCUT2D eigenvalue weighted by molar-refractivity contribution is -0.131. The third kappa shape index (κ3) is 20.6. The van der Waals surface area contributed by atoms with Gasteiger partial charge in [-0.15, -0.1) is 0 Å². The third-order valence-electron chi connectivity index (χ3n) is 9.10. The van der Waals surface area contributed by atoms with Crippen LogP contribution in [0.1, 0.15) is 16.7 Å². The lowest BCUT2D eigenvalue weighted by atomic mass is 10.1. The number of fused-ring (bicyclic) bond motifs is 1. The maximum absolute atomic E-state index is 13.5. The van der Waals surface area contributed by atoms with Gasteiger partial charge in [0.25, 0.3) is 5.56 Å². The van der Waals surface area contributed by atoms with Crippen LogP contribution >= 0.6 is 0 Å². The minimum Gasteiger partial charge on any atom is -0.478 e. The molecule has 3 N–H and O–H groups in total. The Morgan fingerprint density at radius 3 is 1.42 bits per heavy atom. The fourth-order valence-electron chi connectivity index (χ4n) is 5.89. The van der Waals surface area contributed by atoms with Crippen molar-refractivity contribution < 1.29 is 57.6 Å². The highest BCUT2D eigenvalue weighted by molar-refractivity contribution is 5.85. The third-order valence-corrected chi connectivity index (χ3v) is 9.10. The number of carboxylic acids is 1. The zero-order valence-corrected chi connectivity index (χ0v) is 37.0. The molecule has 0 unspecified atom stereocenters. The van der Waals surface area contributed by atoms with E-state index in [1.807, 2.05) is 60.7 Å². The van der Waals surface area contributed by atoms with Gasteiger partial charge in [-0.3, -0.25) is 13.9 Å². The van der Waals surface area contributed by atoms with Gasteiger partial charge in [0, 0.05) is 18.7 Å². The zero-order valence-electron chi connectivity index (χ0n) is 37.0. The summed E-state index contributed by atoms with van der Waals surface area (Å²) in [5.41, 5.74) is 2.80. The van der Waals surface area contributed by atoms with E-state index in [2.05, 4.69) is 9.97 Å². The second kappa shape index (κ2) is 32.3. The van der Waals surface area contributed by atoms with Gasteiger partial charge in [-0.05, 0) is 22.8 Å². The van der Waals surface area contributed by atoms with Crippen molar-refractivity contribution in [1.82, 2.24) is 19.1 Å². The molecule has 0 saturated carbocycles. The minimum atomic E-state index is -1.03. The van der Waals surface area contributed by atoms with E-state index in [-0.39, 0.29) is 30.9 Å². The molecule has 18 heteroatoms. The van der Waals surface area contributed by atoms with Crippen molar-refractivity contribution in [2.24, 2.45) is 0 Å². The van der Waals surface area contributed by atoms with E-state index < -0.39 is 17.2 Å². The SMILES string of the molecule is COCCOCCOCCOCCOCCOCCOCCOCCOCCO.O=C(O)/C=C/c1ccc(-c2nc3c([nH]2)c(=O)n(Cc2ccccc2)c(=O)n3Cc2ccccc2)cc1. The van der Waals surface area contributed by atoms with Crippen molar-refractivity contribution in [2.45, 2.75) is 13.1 Å². The fraction of sp³-hybridized carbons (Fsp3) is 0.447. The van der Waals surface area contributed by atoms with E-state index in [0.717, 1.165) is 17.2 Å². The standard InChI is InChI=1S/C28H22N4O4.C19H40O10/c33-23(34)16-13-19-11-14-22(15-12-19)25-29-24-26(30-25)31(17-20-7-3-1-4-8-20)28(36)32(27(24)35)18-21-9-5-2-6-10-21;1-21-4-5-23-8-9-25-12-13-27-16-17-29-19-18-28-15-14-26-11-10-24-7-6-22-3-2-20/h1-16H,17-18H2,(H,29,30)(H,33,34);20H,2-19H2,1H3/b16-13+;. The molecule has 3 aromatic carbocycles. The van der Waals surface area contributed by atoms with Crippen molar-refractivity contribution in [1.29, 1.82) is 0 Å². The van der Waals surface area contributed by atoms with Crippen LogP contribution in [0, 0.1) is 0 Å². The first-order chi connectivity index (χ1) is 31.9. The van der Waals surface area contributed by atoms with E-state index in [0.29, 0.717) is 129 Å². The van der Waals surface area contributed by atoms with Crippen LogP contribution in [0.15, 0.2) is 101 Å². The smallest absolute Gasteiger partial charge is 0.333 e. The van der Waals surface area contributed by atoms with Gasteiger partial charge in [0.05, 0.1) is 132 Å². The normalized spacial score (nSPS) is 11.4. The van der Waals surface area contributed by atoms with Crippen LogP contribution in [-0.2, 0) is 60.5 Å². The van der Waals surface area contributed by atoms with Crippen LogP contribution in [0.5, 0.6) is 0 Å². The van der Waals surface area contributed by atoms with Gasteiger partial charge in [-0.1, -0.05) is 84.9 Å². The molecule has 0 aliphatic rings. The Morgan fingerprint density at radius 2 is 1.00 bits per heavy atom. The number of imidazole rings is 1. The predicted molar refractivity (Wildman–Crippen MR) is 243 cm³/mol. The number of aliphatic carboxylic acids is 1. The first-order valence-electron chi connectivity index (χ1n) is 21.5. The Balaban J connectivity index is 0.000000293. The summed E-state index contributed by atoms with van der Waals surface area (Å²) in [5.74, 6) is -0.589. The number of aromatic amines is 1. The van der Waals surface area contributed by atoms with Crippen molar-refractivity contribution in [3.8, 4) is 11.4 Å². The number of hydrogen-bond acceptors (Lipinski definition) is 14. The molecular formula is C47H62N4O14. The van der Waals surface area contributed by atoms with Gasteiger partial charge in [0.2, 0.25) is 0 Å². The van der Waals surface area contributed by atoms with Gasteiger partial charge in [-0.2, -0.15) is 0 Å². The summed E-state index contributed by atoms with van der Waals surface area (Å²) in [7, 11) is 1.64. The van der Waals surface area contributed by atoms with Crippen LogP contribution < -0.4 is 11.2 Å². The quantitative estimate of drug-likeness (QED) is 0.0406. The van der Waals surface area contributed by atoms with Crippen molar-refractivity contribution in [2.75, 3.05) is 126 Å². The molecule has 354 valence electrons. The molecule has 2 heterocycles. The molecule has 5 aromatic rings. The van der Waals surface area contributed by atoms with Crippen LogP contribution in [0.25, 0.3) is 28.6 Å². The highest BCUT2D eigenvalue weighted by atomic mass is 16.6. The number of aromatic nitrogens is 4. The predicted octanol–water partition coefficient (Wildman–Crippen LogP) is 3.51.